The van der Waals surface area contributed by atoms with Crippen molar-refractivity contribution in [1.82, 2.24) is 19.6 Å². The Balaban J connectivity index is 1.42. The van der Waals surface area contributed by atoms with Crippen LogP contribution in [0, 0.1) is 5.41 Å². The molecule has 2 amide bonds. The summed E-state index contributed by atoms with van der Waals surface area (Å²) in [6.07, 6.45) is 7.31. The number of hydrogen-bond acceptors (Lipinski definition) is 4. The van der Waals surface area contributed by atoms with Crippen LogP contribution < -0.4 is 0 Å². The summed E-state index contributed by atoms with van der Waals surface area (Å²) in [7, 11) is 0. The smallest absolute Gasteiger partial charge is 0.244 e. The van der Waals surface area contributed by atoms with Gasteiger partial charge in [-0.25, -0.2) is 0 Å². The van der Waals surface area contributed by atoms with E-state index in [1.807, 2.05) is 40.3 Å². The second-order valence-electron chi connectivity index (χ2n) is 9.66. The number of aromatic nitrogens is 2. The Morgan fingerprint density at radius 1 is 1.19 bits per heavy atom. The first kappa shape index (κ1) is 21.2. The van der Waals surface area contributed by atoms with Gasteiger partial charge in [0.05, 0.1) is 30.3 Å². The first-order valence-electron chi connectivity index (χ1n) is 11.7. The van der Waals surface area contributed by atoms with Gasteiger partial charge in [0, 0.05) is 30.6 Å². The van der Waals surface area contributed by atoms with Crippen LogP contribution >= 0.6 is 0 Å². The lowest BCUT2D eigenvalue weighted by atomic mass is 9.70. The van der Waals surface area contributed by atoms with Crippen molar-refractivity contribution in [2.75, 3.05) is 26.3 Å². The molecule has 1 aromatic carbocycles. The molecule has 0 spiro atoms. The molecule has 3 saturated heterocycles. The summed E-state index contributed by atoms with van der Waals surface area (Å²) in [5.41, 5.74) is 1.65. The monoisotopic (exact) mass is 436 g/mol. The molecule has 1 aromatic heterocycles. The maximum atomic E-state index is 13.9. The van der Waals surface area contributed by atoms with Gasteiger partial charge in [-0.2, -0.15) is 5.10 Å². The number of nitrogens with zero attached hydrogens (tertiary/aromatic N) is 4. The molecule has 5 rings (SSSR count). The molecule has 7 heteroatoms. The molecule has 0 radical (unpaired) electrons. The third kappa shape index (κ3) is 3.52. The van der Waals surface area contributed by atoms with Gasteiger partial charge >= 0.3 is 0 Å². The van der Waals surface area contributed by atoms with E-state index in [9.17, 15) is 9.59 Å². The molecule has 4 heterocycles. The van der Waals surface area contributed by atoms with Crippen molar-refractivity contribution in [1.29, 1.82) is 0 Å². The van der Waals surface area contributed by atoms with Crippen LogP contribution in [0.3, 0.4) is 0 Å². The number of rotatable bonds is 5. The summed E-state index contributed by atoms with van der Waals surface area (Å²) in [6, 6.07) is 8.03. The minimum atomic E-state index is -0.528. The molecular weight excluding hydrogens is 404 g/mol. The first-order chi connectivity index (χ1) is 15.5. The van der Waals surface area contributed by atoms with E-state index >= 15 is 0 Å². The Bertz CT molecular complexity index is 1050. The Morgan fingerprint density at radius 3 is 2.75 bits per heavy atom. The number of morpholine rings is 1. The Hall–Kier alpha value is -2.67. The quantitative estimate of drug-likeness (QED) is 0.676. The van der Waals surface area contributed by atoms with Crippen LogP contribution in [0.25, 0.3) is 10.9 Å². The molecule has 0 saturated carbocycles. The summed E-state index contributed by atoms with van der Waals surface area (Å²) < 4.78 is 7.27. The molecule has 3 aliphatic rings. The fourth-order valence-corrected chi connectivity index (χ4v) is 5.93. The maximum Gasteiger partial charge on any atom is 0.244 e. The second-order valence-corrected chi connectivity index (χ2v) is 9.66. The lowest BCUT2D eigenvalue weighted by molar-refractivity contribution is -0.149. The Labute approximate surface area is 189 Å². The van der Waals surface area contributed by atoms with Crippen LogP contribution in [-0.2, 0) is 20.9 Å². The second kappa shape index (κ2) is 8.35. The van der Waals surface area contributed by atoms with E-state index in [2.05, 4.69) is 25.0 Å². The number of allylic oxidation sites excluding steroid dienone is 2. The molecule has 3 atom stereocenters. The number of carbonyl (C=O) groups excluding carboxylic acids is 2. The number of benzene rings is 1. The van der Waals surface area contributed by atoms with Crippen LogP contribution in [0.1, 0.15) is 39.5 Å². The van der Waals surface area contributed by atoms with Crippen molar-refractivity contribution in [2.45, 2.75) is 58.2 Å². The number of fused-ring (bicyclic) bond motifs is 3. The highest BCUT2D eigenvalue weighted by atomic mass is 16.5. The van der Waals surface area contributed by atoms with Crippen molar-refractivity contribution in [3.8, 4) is 0 Å². The van der Waals surface area contributed by atoms with Crippen molar-refractivity contribution in [2.24, 2.45) is 5.41 Å². The van der Waals surface area contributed by atoms with Crippen molar-refractivity contribution >= 4 is 22.7 Å². The van der Waals surface area contributed by atoms with Gasteiger partial charge in [-0.05, 0) is 45.6 Å². The third-order valence-electron chi connectivity index (χ3n) is 7.46. The average Bonchev–Trinajstić information content (AvgIpc) is 3.50. The standard InChI is InChI=1S/C25H32N4O3/c1-18(2)9-10-25(24(31)27-11-13-32-14-12-27)15-20-7-8-22(25)29(20)23(30)17-28-21-6-4-3-5-19(21)16-26-28/h3-6,9,16,20,22H,7-8,10-15,17H2,1-2H3/t20-,22+,25+/m1/s1. The number of para-hydroxylation sites is 1. The first-order valence-corrected chi connectivity index (χ1v) is 11.7. The lowest BCUT2D eigenvalue weighted by Crippen LogP contribution is -2.54. The highest BCUT2D eigenvalue weighted by Crippen LogP contribution is 2.53. The number of ether oxygens (including phenoxy) is 1. The van der Waals surface area contributed by atoms with Crippen molar-refractivity contribution < 1.29 is 14.3 Å². The van der Waals surface area contributed by atoms with E-state index in [0.29, 0.717) is 32.7 Å². The molecule has 32 heavy (non-hydrogen) atoms. The number of hydrogen-bond donors (Lipinski definition) is 0. The summed E-state index contributed by atoms with van der Waals surface area (Å²) >= 11 is 0. The van der Waals surface area contributed by atoms with Gasteiger partial charge in [0.25, 0.3) is 0 Å². The zero-order valence-corrected chi connectivity index (χ0v) is 19.0. The van der Waals surface area contributed by atoms with E-state index in [4.69, 9.17) is 4.74 Å². The predicted octanol–water partition coefficient (Wildman–Crippen LogP) is 3.00. The molecule has 0 unspecified atom stereocenters. The highest BCUT2D eigenvalue weighted by molar-refractivity contribution is 5.88. The topological polar surface area (TPSA) is 67.7 Å². The molecule has 2 bridgehead atoms. The molecule has 3 aliphatic heterocycles. The summed E-state index contributed by atoms with van der Waals surface area (Å²) in [6.45, 7) is 6.82. The fourth-order valence-electron chi connectivity index (χ4n) is 5.93. The van der Waals surface area contributed by atoms with Gasteiger partial charge in [-0.3, -0.25) is 14.3 Å². The minimum Gasteiger partial charge on any atom is -0.378 e. The highest BCUT2D eigenvalue weighted by Gasteiger charge is 2.61. The zero-order chi connectivity index (χ0) is 22.3. The fraction of sp³-hybridized carbons (Fsp3) is 0.560. The van der Waals surface area contributed by atoms with E-state index in [0.717, 1.165) is 30.2 Å². The van der Waals surface area contributed by atoms with Crippen LogP contribution in [0.2, 0.25) is 0 Å². The third-order valence-corrected chi connectivity index (χ3v) is 7.46. The van der Waals surface area contributed by atoms with Crippen molar-refractivity contribution in [3.63, 3.8) is 0 Å². The molecule has 170 valence electrons. The Morgan fingerprint density at radius 2 is 1.97 bits per heavy atom. The largest absolute Gasteiger partial charge is 0.378 e. The van der Waals surface area contributed by atoms with Gasteiger partial charge in [-0.1, -0.05) is 29.8 Å². The van der Waals surface area contributed by atoms with Crippen LogP contribution in [0.15, 0.2) is 42.1 Å². The Kier molecular flexibility index (Phi) is 5.53. The zero-order valence-electron chi connectivity index (χ0n) is 19.0. The lowest BCUT2D eigenvalue weighted by Gasteiger charge is -2.40. The minimum absolute atomic E-state index is 0.0484. The van der Waals surface area contributed by atoms with E-state index in [1.54, 1.807) is 4.68 Å². The SMILES string of the molecule is CC(C)=CC[C@]1(C(=O)N2CCOCC2)C[C@H]2CC[C@@H]1N2C(=O)Cn1ncc2ccccc21. The van der Waals surface area contributed by atoms with Gasteiger partial charge in [-0.15, -0.1) is 0 Å². The molecule has 0 aliphatic carbocycles. The van der Waals surface area contributed by atoms with Crippen LogP contribution in [-0.4, -0.2) is 69.8 Å². The predicted molar refractivity (Wildman–Crippen MR) is 122 cm³/mol. The van der Waals surface area contributed by atoms with E-state index in [1.165, 1.54) is 5.57 Å². The molecular formula is C25H32N4O3. The molecule has 2 aromatic rings. The molecule has 0 N–H and O–H groups in total. The molecule has 3 fully saturated rings. The van der Waals surface area contributed by atoms with Crippen molar-refractivity contribution in [3.05, 3.63) is 42.1 Å². The summed E-state index contributed by atoms with van der Waals surface area (Å²) in [4.78, 5) is 31.4. The van der Waals surface area contributed by atoms with Crippen LogP contribution in [0.4, 0.5) is 0 Å². The average molecular weight is 437 g/mol. The van der Waals surface area contributed by atoms with Gasteiger partial charge < -0.3 is 14.5 Å². The van der Waals surface area contributed by atoms with Crippen LogP contribution in [0.5, 0.6) is 0 Å². The van der Waals surface area contributed by atoms with Gasteiger partial charge in [0.15, 0.2) is 0 Å². The van der Waals surface area contributed by atoms with E-state index in [-0.39, 0.29) is 30.4 Å². The van der Waals surface area contributed by atoms with E-state index < -0.39 is 5.41 Å². The number of carbonyl (C=O) groups is 2. The summed E-state index contributed by atoms with van der Waals surface area (Å²) in [5, 5.41) is 5.48. The van der Waals surface area contributed by atoms with Gasteiger partial charge in [0.1, 0.15) is 6.54 Å². The maximum absolute atomic E-state index is 13.9. The normalized spacial score (nSPS) is 27.2. The summed E-state index contributed by atoms with van der Waals surface area (Å²) in [5.74, 6) is 0.271. The number of amides is 2. The molecule has 7 nitrogen and oxygen atoms in total. The van der Waals surface area contributed by atoms with Gasteiger partial charge in [0.2, 0.25) is 11.8 Å².